The molecule has 0 spiro atoms. The number of hydrogen-bond acceptors (Lipinski definition) is 15. The molecule has 0 bridgehead atoms. The van der Waals surface area contributed by atoms with Gasteiger partial charge >= 0.3 is 5.97 Å². The fourth-order valence-corrected chi connectivity index (χ4v) is 9.52. The van der Waals surface area contributed by atoms with E-state index in [9.17, 15) is 49.8 Å². The van der Waals surface area contributed by atoms with Crippen LogP contribution in [0.15, 0.2) is 18.5 Å². The first-order valence-corrected chi connectivity index (χ1v) is 23.0. The highest BCUT2D eigenvalue weighted by molar-refractivity contribution is 5.94. The lowest BCUT2D eigenvalue weighted by Crippen LogP contribution is -2.67. The van der Waals surface area contributed by atoms with Gasteiger partial charge in [-0.2, -0.15) is 0 Å². The second kappa shape index (κ2) is 24.4. The van der Waals surface area contributed by atoms with Gasteiger partial charge in [0.1, 0.15) is 48.4 Å². The molecule has 2 amide bonds. The van der Waals surface area contributed by atoms with Gasteiger partial charge in [-0.3, -0.25) is 19.4 Å². The van der Waals surface area contributed by atoms with Crippen molar-refractivity contribution in [3.63, 3.8) is 0 Å². The van der Waals surface area contributed by atoms with Crippen molar-refractivity contribution in [1.29, 1.82) is 0 Å². The maximum absolute atomic E-state index is 14.0. The van der Waals surface area contributed by atoms with Gasteiger partial charge in [0.25, 0.3) is 5.91 Å². The van der Waals surface area contributed by atoms with Crippen molar-refractivity contribution in [3.05, 3.63) is 29.6 Å². The number of ketones is 1. The first-order valence-electron chi connectivity index (χ1n) is 23.0. The molecule has 6 unspecified atom stereocenters. The van der Waals surface area contributed by atoms with E-state index in [4.69, 9.17) is 23.7 Å². The Labute approximate surface area is 369 Å². The number of Topliss-reactive ketones (excluding diaryl/α,β-unsaturated/α-hetero) is 1. The number of amides is 2. The highest BCUT2D eigenvalue weighted by Gasteiger charge is 2.53. The minimum atomic E-state index is -1.65. The first kappa shape index (κ1) is 50.8. The topological polar surface area (TPSA) is 273 Å². The lowest BCUT2D eigenvalue weighted by atomic mass is 9.74. The van der Waals surface area contributed by atoms with E-state index in [2.05, 4.69) is 22.5 Å². The van der Waals surface area contributed by atoms with Gasteiger partial charge in [-0.15, -0.1) is 0 Å². The molecule has 0 aromatic carbocycles. The molecular weight excluding hydrogens is 823 g/mol. The molecule has 1 aromatic heterocycles. The third kappa shape index (κ3) is 13.7. The van der Waals surface area contributed by atoms with E-state index in [1.807, 2.05) is 13.0 Å². The Kier molecular flexibility index (Phi) is 19.7. The Balaban J connectivity index is 1.37. The van der Waals surface area contributed by atoms with Gasteiger partial charge in [0.2, 0.25) is 5.91 Å². The number of pyridine rings is 1. The van der Waals surface area contributed by atoms with Crippen LogP contribution in [0.3, 0.4) is 0 Å². The molecule has 15 atom stereocenters. The van der Waals surface area contributed by atoms with Crippen molar-refractivity contribution in [1.82, 2.24) is 15.6 Å². The summed E-state index contributed by atoms with van der Waals surface area (Å²) in [5.74, 6) is -3.10. The molecule has 2 aliphatic heterocycles. The third-order valence-corrected chi connectivity index (χ3v) is 13.2. The van der Waals surface area contributed by atoms with E-state index in [1.54, 1.807) is 6.20 Å². The standard InChI is InChI=1S/C45H71N3O15/c1-5-7-12-27-17-30(22-46-21-27)42(56)47-16-11-15-31(51)29-19-28(6-2)40(63-45-39(55)38(54)36(52)24(3)59-45)32(20-29)61-44-35(48-25(4)50)41(37(53)34(23-49)62-44)60-33(43(57)58)18-26-13-9-8-10-14-26/h17,21-22,24,26,28-29,32-41,44-45,49,52-55H,5-16,18-20,23H2,1-4H3,(H,47,56)(H,48,50)(H,57,58)/t24?,28?,29?,32-,33+,34+,35?,36-,37+,38+,39?,40-,41?,44-,45+/m1/s1. The van der Waals surface area contributed by atoms with Crippen LogP contribution >= 0.6 is 0 Å². The predicted octanol–water partition coefficient (Wildman–Crippen LogP) is 1.93. The monoisotopic (exact) mass is 893 g/mol. The van der Waals surface area contributed by atoms with Gasteiger partial charge in [0.05, 0.1) is 30.5 Å². The smallest absolute Gasteiger partial charge is 0.332 e. The maximum Gasteiger partial charge on any atom is 0.332 e. The molecule has 3 heterocycles. The summed E-state index contributed by atoms with van der Waals surface area (Å²) in [4.78, 5) is 56.5. The number of carbonyl (C=O) groups excluding carboxylic acids is 3. The van der Waals surface area contributed by atoms with Crippen LogP contribution in [-0.4, -0.2) is 152 Å². The average molecular weight is 894 g/mol. The normalized spacial score (nSPS) is 34.5. The number of aryl methyl sites for hydroxylation is 1. The van der Waals surface area contributed by atoms with E-state index in [1.165, 1.54) is 20.0 Å². The number of hydrogen-bond donors (Lipinski definition) is 8. The summed E-state index contributed by atoms with van der Waals surface area (Å²) in [6.07, 6.45) is -3.84. The molecule has 63 heavy (non-hydrogen) atoms. The summed E-state index contributed by atoms with van der Waals surface area (Å²) in [6, 6.07) is 0.520. The Hall–Kier alpha value is -3.17. The second-order valence-corrected chi connectivity index (χ2v) is 17.9. The SMILES string of the molecule is CCCCc1cncc(C(=O)NCCCC(=O)C2CC(CC)[C@@H](O[C@@H]3OC(C)[C@@H](O)[C@H](O)C3O)[C@H](O[C@@H]3O[C@@H](CO)[C@H](O)C(O[C@@H](CC4CCCCC4)C(=O)O)C3NC(C)=O)C2)c1. The zero-order valence-electron chi connectivity index (χ0n) is 37.1. The van der Waals surface area contributed by atoms with Crippen LogP contribution in [0.4, 0.5) is 0 Å². The van der Waals surface area contributed by atoms with Gasteiger partial charge in [-0.25, -0.2) is 4.79 Å². The molecule has 356 valence electrons. The summed E-state index contributed by atoms with van der Waals surface area (Å²) in [5.41, 5.74) is 1.41. The third-order valence-electron chi connectivity index (χ3n) is 13.2. The van der Waals surface area contributed by atoms with Gasteiger partial charge in [-0.05, 0) is 68.9 Å². The number of unbranched alkanes of at least 4 members (excludes halogenated alkanes) is 1. The fourth-order valence-electron chi connectivity index (χ4n) is 9.52. The van der Waals surface area contributed by atoms with Gasteiger partial charge in [-0.1, -0.05) is 58.8 Å². The summed E-state index contributed by atoms with van der Waals surface area (Å²) >= 11 is 0. The number of carbonyl (C=O) groups is 4. The van der Waals surface area contributed by atoms with Crippen LogP contribution in [0.25, 0.3) is 0 Å². The van der Waals surface area contributed by atoms with E-state index >= 15 is 0 Å². The van der Waals surface area contributed by atoms with Crippen LogP contribution in [0.2, 0.25) is 0 Å². The minimum Gasteiger partial charge on any atom is -0.479 e. The number of nitrogens with one attached hydrogen (secondary N) is 2. The Morgan fingerprint density at radius 1 is 0.905 bits per heavy atom. The van der Waals surface area contributed by atoms with Crippen molar-refractivity contribution >= 4 is 23.6 Å². The summed E-state index contributed by atoms with van der Waals surface area (Å²) in [6.45, 7) is 6.26. The largest absolute Gasteiger partial charge is 0.479 e. The van der Waals surface area contributed by atoms with Crippen LogP contribution in [0, 0.1) is 17.8 Å². The molecule has 18 heteroatoms. The number of ether oxygens (including phenoxy) is 5. The molecule has 2 saturated heterocycles. The highest BCUT2D eigenvalue weighted by atomic mass is 16.7. The average Bonchev–Trinajstić information content (AvgIpc) is 3.27. The van der Waals surface area contributed by atoms with Crippen LogP contribution in [0.5, 0.6) is 0 Å². The van der Waals surface area contributed by atoms with Crippen LogP contribution in [-0.2, 0) is 44.5 Å². The van der Waals surface area contributed by atoms with Crippen molar-refractivity contribution < 1.29 is 73.5 Å². The molecule has 18 nitrogen and oxygen atoms in total. The molecular formula is C45H71N3O15. The molecule has 5 rings (SSSR count). The number of aliphatic hydroxyl groups excluding tert-OH is 5. The van der Waals surface area contributed by atoms with Crippen LogP contribution in [0.1, 0.15) is 127 Å². The Morgan fingerprint density at radius 2 is 1.65 bits per heavy atom. The zero-order valence-corrected chi connectivity index (χ0v) is 37.1. The number of nitrogens with zero attached hydrogens (tertiary/aromatic N) is 1. The fraction of sp³-hybridized carbons (Fsp3) is 0.800. The molecule has 2 saturated carbocycles. The lowest BCUT2D eigenvalue weighted by Gasteiger charge is -2.49. The summed E-state index contributed by atoms with van der Waals surface area (Å²) in [7, 11) is 0. The minimum absolute atomic E-state index is 0.0517. The molecule has 4 fully saturated rings. The predicted molar refractivity (Wildman–Crippen MR) is 225 cm³/mol. The summed E-state index contributed by atoms with van der Waals surface area (Å²) in [5, 5.41) is 69.8. The van der Waals surface area contributed by atoms with Crippen molar-refractivity contribution in [2.75, 3.05) is 13.2 Å². The van der Waals surface area contributed by atoms with Gasteiger partial charge in [0.15, 0.2) is 18.7 Å². The zero-order chi connectivity index (χ0) is 45.8. The molecule has 4 aliphatic rings. The molecule has 1 aromatic rings. The van der Waals surface area contributed by atoms with Gasteiger partial charge in [0, 0.05) is 38.2 Å². The number of aliphatic carboxylic acids is 1. The molecule has 0 radical (unpaired) electrons. The first-order chi connectivity index (χ1) is 30.1. The van der Waals surface area contributed by atoms with Gasteiger partial charge < -0.3 is 65.0 Å². The molecule has 2 aliphatic carbocycles. The molecule has 8 N–H and O–H groups in total. The maximum atomic E-state index is 14.0. The van der Waals surface area contributed by atoms with Crippen LogP contribution < -0.4 is 10.6 Å². The van der Waals surface area contributed by atoms with Crippen molar-refractivity contribution in [3.8, 4) is 0 Å². The van der Waals surface area contributed by atoms with E-state index in [0.29, 0.717) is 24.8 Å². The Bertz CT molecular complexity index is 1630. The van der Waals surface area contributed by atoms with E-state index in [0.717, 1.165) is 56.9 Å². The number of aliphatic hydroxyl groups is 5. The van der Waals surface area contributed by atoms with E-state index < -0.39 is 110 Å². The van der Waals surface area contributed by atoms with E-state index in [-0.39, 0.29) is 43.4 Å². The second-order valence-electron chi connectivity index (χ2n) is 17.9. The number of carboxylic acids is 1. The number of carboxylic acid groups (broad SMARTS) is 1. The quantitative estimate of drug-likeness (QED) is 0.0820. The van der Waals surface area contributed by atoms with Crippen molar-refractivity contribution in [2.24, 2.45) is 17.8 Å². The number of rotatable bonds is 21. The summed E-state index contributed by atoms with van der Waals surface area (Å²) < 4.78 is 31.3. The van der Waals surface area contributed by atoms with Crippen molar-refractivity contribution in [2.45, 2.75) is 197 Å². The lowest BCUT2D eigenvalue weighted by molar-refractivity contribution is -0.338. The Morgan fingerprint density at radius 3 is 2.32 bits per heavy atom. The highest BCUT2D eigenvalue weighted by Crippen LogP contribution is 2.40. The number of aromatic nitrogens is 1.